The molecule has 0 heterocycles. The molecular weight excluding hydrogens is 162 g/mol. The van der Waals surface area contributed by atoms with Crippen LogP contribution in [0.3, 0.4) is 0 Å². The van der Waals surface area contributed by atoms with Crippen LogP contribution in [0.1, 0.15) is 47.5 Å². The van der Waals surface area contributed by atoms with Crippen molar-refractivity contribution in [2.24, 2.45) is 10.8 Å². The first-order valence-corrected chi connectivity index (χ1v) is 5.03. The molecule has 1 unspecified atom stereocenters. The topological polar surface area (TPSA) is 29.1 Å². The number of hydrogen-bond donors (Lipinski definition) is 1. The molecule has 1 N–H and O–H groups in total. The Morgan fingerprint density at radius 1 is 1.38 bits per heavy atom. The van der Waals surface area contributed by atoms with Crippen LogP contribution in [0.25, 0.3) is 0 Å². The monoisotopic (exact) mass is 183 g/mol. The van der Waals surface area contributed by atoms with Gasteiger partial charge in [-0.05, 0) is 23.7 Å². The molecule has 1 saturated carbocycles. The summed E-state index contributed by atoms with van der Waals surface area (Å²) >= 11 is 0. The molecule has 0 aromatic rings. The van der Waals surface area contributed by atoms with Gasteiger partial charge in [0.15, 0.2) is 0 Å². The summed E-state index contributed by atoms with van der Waals surface area (Å²) < 4.78 is 0. The molecule has 0 aromatic carbocycles. The molecule has 1 aliphatic rings. The fraction of sp³-hybridized carbons (Fsp3) is 0.909. The van der Waals surface area contributed by atoms with Crippen molar-refractivity contribution in [1.82, 2.24) is 5.32 Å². The highest BCUT2D eigenvalue weighted by atomic mass is 16.1. The Balaban J connectivity index is 2.71. The molecule has 1 aliphatic carbocycles. The fourth-order valence-corrected chi connectivity index (χ4v) is 2.13. The maximum Gasteiger partial charge on any atom is 0.217 e. The van der Waals surface area contributed by atoms with Crippen LogP contribution in [0.4, 0.5) is 0 Å². The van der Waals surface area contributed by atoms with E-state index in [0.717, 1.165) is 0 Å². The third-order valence-electron chi connectivity index (χ3n) is 2.95. The smallest absolute Gasteiger partial charge is 0.217 e. The van der Waals surface area contributed by atoms with Gasteiger partial charge in [0.1, 0.15) is 0 Å². The van der Waals surface area contributed by atoms with E-state index in [4.69, 9.17) is 0 Å². The third kappa shape index (κ3) is 2.45. The molecule has 1 fully saturated rings. The Hall–Kier alpha value is -0.530. The van der Waals surface area contributed by atoms with Crippen molar-refractivity contribution in [1.29, 1.82) is 0 Å². The van der Waals surface area contributed by atoms with E-state index in [1.54, 1.807) is 6.92 Å². The number of amides is 1. The minimum atomic E-state index is 0.0908. The van der Waals surface area contributed by atoms with Crippen LogP contribution in [0.15, 0.2) is 0 Å². The average Bonchev–Trinajstić information content (AvgIpc) is 2.61. The fourth-order valence-electron chi connectivity index (χ4n) is 2.13. The summed E-state index contributed by atoms with van der Waals surface area (Å²) in [6.07, 6.45) is 2.49. The maximum atomic E-state index is 11.1. The second kappa shape index (κ2) is 3.00. The Bertz CT molecular complexity index is 205. The van der Waals surface area contributed by atoms with E-state index < -0.39 is 0 Å². The Labute approximate surface area is 81.1 Å². The molecule has 76 valence electrons. The van der Waals surface area contributed by atoms with Crippen molar-refractivity contribution in [3.8, 4) is 0 Å². The summed E-state index contributed by atoms with van der Waals surface area (Å²) in [5, 5.41) is 3.08. The standard InChI is InChI=1S/C11H21NO/c1-8(13)12-9(10(2,3)4)11(5)6-7-11/h9H,6-7H2,1-5H3,(H,12,13). The van der Waals surface area contributed by atoms with Crippen LogP contribution in [0, 0.1) is 10.8 Å². The van der Waals surface area contributed by atoms with Gasteiger partial charge >= 0.3 is 0 Å². The zero-order valence-electron chi connectivity index (χ0n) is 9.40. The molecule has 0 radical (unpaired) electrons. The second-order valence-corrected chi connectivity index (χ2v) is 5.65. The van der Waals surface area contributed by atoms with E-state index in [2.05, 4.69) is 33.0 Å². The Kier molecular flexibility index (Phi) is 2.44. The van der Waals surface area contributed by atoms with Crippen LogP contribution < -0.4 is 5.32 Å². The summed E-state index contributed by atoms with van der Waals surface area (Å²) in [4.78, 5) is 11.1. The molecular formula is C11H21NO. The zero-order valence-corrected chi connectivity index (χ0v) is 9.40. The lowest BCUT2D eigenvalue weighted by Gasteiger charge is -2.36. The van der Waals surface area contributed by atoms with Crippen molar-refractivity contribution in [3.05, 3.63) is 0 Å². The van der Waals surface area contributed by atoms with Gasteiger partial charge in [0.05, 0.1) is 0 Å². The lowest BCUT2D eigenvalue weighted by atomic mass is 9.77. The average molecular weight is 183 g/mol. The minimum Gasteiger partial charge on any atom is -0.353 e. The minimum absolute atomic E-state index is 0.0908. The van der Waals surface area contributed by atoms with E-state index in [-0.39, 0.29) is 11.3 Å². The number of nitrogens with one attached hydrogen (secondary N) is 1. The van der Waals surface area contributed by atoms with E-state index in [9.17, 15) is 4.79 Å². The number of rotatable bonds is 2. The van der Waals surface area contributed by atoms with Crippen LogP contribution in [0.5, 0.6) is 0 Å². The van der Waals surface area contributed by atoms with Gasteiger partial charge in [-0.1, -0.05) is 27.7 Å². The van der Waals surface area contributed by atoms with E-state index in [1.807, 2.05) is 0 Å². The highest BCUT2D eigenvalue weighted by Gasteiger charge is 2.49. The predicted molar refractivity (Wildman–Crippen MR) is 54.4 cm³/mol. The molecule has 0 saturated heterocycles. The van der Waals surface area contributed by atoms with Gasteiger partial charge in [-0.2, -0.15) is 0 Å². The van der Waals surface area contributed by atoms with Crippen molar-refractivity contribution >= 4 is 5.91 Å². The van der Waals surface area contributed by atoms with Crippen molar-refractivity contribution in [3.63, 3.8) is 0 Å². The summed E-state index contributed by atoms with van der Waals surface area (Å²) in [5.74, 6) is 0.0908. The first kappa shape index (κ1) is 10.6. The van der Waals surface area contributed by atoms with Gasteiger partial charge in [-0.15, -0.1) is 0 Å². The molecule has 0 aliphatic heterocycles. The second-order valence-electron chi connectivity index (χ2n) is 5.65. The van der Waals surface area contributed by atoms with Crippen molar-refractivity contribution in [2.75, 3.05) is 0 Å². The molecule has 0 spiro atoms. The molecule has 1 atom stereocenters. The largest absolute Gasteiger partial charge is 0.353 e. The molecule has 0 aromatic heterocycles. The van der Waals surface area contributed by atoms with Gasteiger partial charge in [-0.3, -0.25) is 4.79 Å². The van der Waals surface area contributed by atoms with Gasteiger partial charge in [-0.25, -0.2) is 0 Å². The number of hydrogen-bond acceptors (Lipinski definition) is 1. The van der Waals surface area contributed by atoms with E-state index in [0.29, 0.717) is 11.5 Å². The summed E-state index contributed by atoms with van der Waals surface area (Å²) in [7, 11) is 0. The lowest BCUT2D eigenvalue weighted by molar-refractivity contribution is -0.121. The van der Waals surface area contributed by atoms with E-state index >= 15 is 0 Å². The molecule has 2 heteroatoms. The first-order chi connectivity index (χ1) is 5.76. The van der Waals surface area contributed by atoms with Crippen LogP contribution >= 0.6 is 0 Å². The quantitative estimate of drug-likeness (QED) is 0.699. The number of carbonyl (C=O) groups is 1. The molecule has 2 nitrogen and oxygen atoms in total. The normalized spacial score (nSPS) is 22.2. The highest BCUT2D eigenvalue weighted by molar-refractivity contribution is 5.73. The summed E-state index contributed by atoms with van der Waals surface area (Å²) in [6, 6.07) is 0.317. The SMILES string of the molecule is CC(=O)NC(C(C)(C)C)C1(C)CC1. The van der Waals surface area contributed by atoms with E-state index in [1.165, 1.54) is 12.8 Å². The Morgan fingerprint density at radius 3 is 2.08 bits per heavy atom. The lowest BCUT2D eigenvalue weighted by Crippen LogP contribution is -2.48. The zero-order chi connectivity index (χ0) is 10.3. The molecule has 0 bridgehead atoms. The van der Waals surface area contributed by atoms with Gasteiger partial charge in [0.2, 0.25) is 5.91 Å². The van der Waals surface area contributed by atoms with Crippen LogP contribution in [0.2, 0.25) is 0 Å². The van der Waals surface area contributed by atoms with Gasteiger partial charge in [0.25, 0.3) is 0 Å². The molecule has 13 heavy (non-hydrogen) atoms. The first-order valence-electron chi connectivity index (χ1n) is 5.03. The summed E-state index contributed by atoms with van der Waals surface area (Å²) in [5.41, 5.74) is 0.515. The third-order valence-corrected chi connectivity index (χ3v) is 2.95. The highest BCUT2D eigenvalue weighted by Crippen LogP contribution is 2.52. The van der Waals surface area contributed by atoms with Gasteiger partial charge < -0.3 is 5.32 Å². The number of carbonyl (C=O) groups excluding carboxylic acids is 1. The van der Waals surface area contributed by atoms with Gasteiger partial charge in [0, 0.05) is 13.0 Å². The van der Waals surface area contributed by atoms with Crippen molar-refractivity contribution < 1.29 is 4.79 Å². The molecule has 1 rings (SSSR count). The molecule has 1 amide bonds. The van der Waals surface area contributed by atoms with Crippen LogP contribution in [-0.2, 0) is 4.79 Å². The van der Waals surface area contributed by atoms with Crippen LogP contribution in [-0.4, -0.2) is 11.9 Å². The maximum absolute atomic E-state index is 11.1. The Morgan fingerprint density at radius 2 is 1.85 bits per heavy atom. The summed E-state index contributed by atoms with van der Waals surface area (Å²) in [6.45, 7) is 10.4. The predicted octanol–water partition coefficient (Wildman–Crippen LogP) is 2.34. The van der Waals surface area contributed by atoms with Crippen molar-refractivity contribution in [2.45, 2.75) is 53.5 Å².